The maximum absolute atomic E-state index is 12.9. The smallest absolute Gasteiger partial charge is 0.277 e. The number of fused-ring (bicyclic) bond motifs is 1. The summed E-state index contributed by atoms with van der Waals surface area (Å²) < 4.78 is 1.78. The lowest BCUT2D eigenvalue weighted by atomic mass is 9.96. The average Bonchev–Trinajstić information content (AvgIpc) is 2.76. The van der Waals surface area contributed by atoms with Crippen LogP contribution >= 0.6 is 0 Å². The highest BCUT2D eigenvalue weighted by Crippen LogP contribution is 2.22. The first kappa shape index (κ1) is 19.0. The highest BCUT2D eigenvalue weighted by atomic mass is 16.5. The normalized spacial score (nSPS) is 14.9. The molecule has 1 aromatic carbocycles. The molecule has 0 spiro atoms. The quantitative estimate of drug-likeness (QED) is 0.510. The molecule has 0 aliphatic carbocycles. The van der Waals surface area contributed by atoms with E-state index in [4.69, 9.17) is 5.21 Å². The molecule has 0 atom stereocenters. The van der Waals surface area contributed by atoms with Gasteiger partial charge in [0.25, 0.3) is 11.5 Å². The topological polar surface area (TPSA) is 113 Å². The van der Waals surface area contributed by atoms with Crippen LogP contribution < -0.4 is 15.9 Å². The number of aryl methyl sites for hydroxylation is 1. The summed E-state index contributed by atoms with van der Waals surface area (Å²) in [4.78, 5) is 39.3. The predicted molar refractivity (Wildman–Crippen MR) is 107 cm³/mol. The second kappa shape index (κ2) is 7.96. The number of carbonyl (C=O) groups is 1. The van der Waals surface area contributed by atoms with Gasteiger partial charge in [0.2, 0.25) is 5.95 Å². The van der Waals surface area contributed by atoms with E-state index in [0.717, 1.165) is 37.3 Å². The Morgan fingerprint density at radius 2 is 1.90 bits per heavy atom. The first-order valence-electron chi connectivity index (χ1n) is 9.54. The SMILES string of the molecule is Cc1nc2ccccc2c(=O)n1CC1CCN(c2ncc(C(=O)NO)cn2)CC1. The van der Waals surface area contributed by atoms with Gasteiger partial charge in [0.1, 0.15) is 5.82 Å². The van der Waals surface area contributed by atoms with E-state index in [2.05, 4.69) is 19.9 Å². The van der Waals surface area contributed by atoms with Gasteiger partial charge >= 0.3 is 0 Å². The van der Waals surface area contributed by atoms with Crippen LogP contribution in [-0.2, 0) is 6.54 Å². The zero-order chi connectivity index (χ0) is 20.4. The predicted octanol–water partition coefficient (Wildman–Crippen LogP) is 1.53. The number of rotatable bonds is 4. The average molecular weight is 394 g/mol. The minimum atomic E-state index is -0.639. The monoisotopic (exact) mass is 394 g/mol. The molecule has 9 nitrogen and oxygen atoms in total. The molecule has 1 aliphatic heterocycles. The van der Waals surface area contributed by atoms with Crippen LogP contribution in [0.3, 0.4) is 0 Å². The van der Waals surface area contributed by atoms with Gasteiger partial charge in [-0.25, -0.2) is 20.4 Å². The second-order valence-electron chi connectivity index (χ2n) is 7.24. The van der Waals surface area contributed by atoms with Crippen molar-refractivity contribution in [2.45, 2.75) is 26.3 Å². The lowest BCUT2D eigenvalue weighted by Gasteiger charge is -2.32. The molecule has 1 saturated heterocycles. The molecule has 2 aromatic heterocycles. The van der Waals surface area contributed by atoms with E-state index in [-0.39, 0.29) is 11.1 Å². The Kier molecular flexibility index (Phi) is 5.22. The number of nitrogens with zero attached hydrogens (tertiary/aromatic N) is 5. The molecule has 3 heterocycles. The molecule has 0 unspecified atom stereocenters. The molecule has 29 heavy (non-hydrogen) atoms. The molecule has 2 N–H and O–H groups in total. The molecule has 4 rings (SSSR count). The zero-order valence-corrected chi connectivity index (χ0v) is 16.1. The van der Waals surface area contributed by atoms with Crippen molar-refractivity contribution in [2.24, 2.45) is 5.92 Å². The van der Waals surface area contributed by atoms with Crippen LogP contribution in [0.15, 0.2) is 41.5 Å². The Labute approximate surface area is 167 Å². The molecule has 150 valence electrons. The maximum Gasteiger partial charge on any atom is 0.277 e. The standard InChI is InChI=1S/C20H22N6O3/c1-13-23-17-5-3-2-4-16(17)19(28)26(13)12-14-6-8-25(9-7-14)20-21-10-15(11-22-20)18(27)24-29/h2-5,10-11,14,29H,6-9,12H2,1H3,(H,24,27). The van der Waals surface area contributed by atoms with Crippen molar-refractivity contribution in [2.75, 3.05) is 18.0 Å². The van der Waals surface area contributed by atoms with Gasteiger partial charge in [0, 0.05) is 32.0 Å². The molecule has 0 radical (unpaired) electrons. The summed E-state index contributed by atoms with van der Waals surface area (Å²) in [7, 11) is 0. The fourth-order valence-electron chi connectivity index (χ4n) is 3.73. The maximum atomic E-state index is 12.9. The van der Waals surface area contributed by atoms with E-state index in [0.29, 0.717) is 23.8 Å². The van der Waals surface area contributed by atoms with Gasteiger partial charge in [0.05, 0.1) is 16.5 Å². The van der Waals surface area contributed by atoms with Crippen LogP contribution in [0.25, 0.3) is 10.9 Å². The van der Waals surface area contributed by atoms with E-state index in [1.165, 1.54) is 12.4 Å². The van der Waals surface area contributed by atoms with E-state index < -0.39 is 5.91 Å². The van der Waals surface area contributed by atoms with Gasteiger partial charge in [-0.05, 0) is 37.8 Å². The zero-order valence-electron chi connectivity index (χ0n) is 16.1. The molecule has 1 fully saturated rings. The summed E-state index contributed by atoms with van der Waals surface area (Å²) in [5.41, 5.74) is 2.51. The minimum absolute atomic E-state index is 0.0108. The highest BCUT2D eigenvalue weighted by Gasteiger charge is 2.23. The van der Waals surface area contributed by atoms with Crippen molar-refractivity contribution >= 4 is 22.8 Å². The molecule has 9 heteroatoms. The lowest BCUT2D eigenvalue weighted by Crippen LogP contribution is -2.38. The number of benzene rings is 1. The van der Waals surface area contributed by atoms with Crippen LogP contribution in [0.1, 0.15) is 29.0 Å². The number of anilines is 1. The Bertz CT molecular complexity index is 1090. The summed E-state index contributed by atoms with van der Waals surface area (Å²) in [6.07, 6.45) is 4.59. The van der Waals surface area contributed by atoms with Gasteiger partial charge in [-0.1, -0.05) is 12.1 Å². The van der Waals surface area contributed by atoms with Crippen LogP contribution in [0.2, 0.25) is 0 Å². The third kappa shape index (κ3) is 3.81. The fourth-order valence-corrected chi connectivity index (χ4v) is 3.73. The number of para-hydroxylation sites is 1. The van der Waals surface area contributed by atoms with Crippen LogP contribution in [0, 0.1) is 12.8 Å². The molecular weight excluding hydrogens is 372 g/mol. The summed E-state index contributed by atoms with van der Waals surface area (Å²) in [5.74, 6) is 1.01. The van der Waals surface area contributed by atoms with Gasteiger partial charge < -0.3 is 4.90 Å². The first-order valence-corrected chi connectivity index (χ1v) is 9.54. The number of nitrogens with one attached hydrogen (secondary N) is 1. The number of hydrogen-bond acceptors (Lipinski definition) is 7. The van der Waals surface area contributed by atoms with Gasteiger partial charge in [0.15, 0.2) is 0 Å². The van der Waals surface area contributed by atoms with E-state index in [1.807, 2.05) is 31.2 Å². The van der Waals surface area contributed by atoms with Gasteiger partial charge in [-0.2, -0.15) is 0 Å². The second-order valence-corrected chi connectivity index (χ2v) is 7.24. The van der Waals surface area contributed by atoms with Crippen LogP contribution in [-0.4, -0.2) is 43.7 Å². The number of carbonyl (C=O) groups excluding carboxylic acids is 1. The van der Waals surface area contributed by atoms with Crippen LogP contribution in [0.5, 0.6) is 0 Å². The molecule has 1 amide bonds. The van der Waals surface area contributed by atoms with Gasteiger partial charge in [-0.3, -0.25) is 19.4 Å². The number of hydroxylamine groups is 1. The lowest BCUT2D eigenvalue weighted by molar-refractivity contribution is 0.0705. The van der Waals surface area contributed by atoms with Gasteiger partial charge in [-0.15, -0.1) is 0 Å². The number of amides is 1. The molecule has 0 saturated carbocycles. The Balaban J connectivity index is 1.44. The largest absolute Gasteiger partial charge is 0.341 e. The highest BCUT2D eigenvalue weighted by molar-refractivity contribution is 5.92. The van der Waals surface area contributed by atoms with E-state index in [1.54, 1.807) is 10.0 Å². The number of piperidine rings is 1. The minimum Gasteiger partial charge on any atom is -0.341 e. The van der Waals surface area contributed by atoms with Crippen molar-refractivity contribution in [3.63, 3.8) is 0 Å². The molecule has 3 aromatic rings. The van der Waals surface area contributed by atoms with E-state index >= 15 is 0 Å². The van der Waals surface area contributed by atoms with Crippen molar-refractivity contribution in [1.82, 2.24) is 25.0 Å². The molecule has 1 aliphatic rings. The molecular formula is C20H22N6O3. The number of hydrogen-bond donors (Lipinski definition) is 2. The summed E-state index contributed by atoms with van der Waals surface area (Å²) >= 11 is 0. The Hall–Kier alpha value is -3.33. The number of aromatic nitrogens is 4. The Morgan fingerprint density at radius 3 is 2.59 bits per heavy atom. The summed E-state index contributed by atoms with van der Waals surface area (Å²) in [6, 6.07) is 7.43. The van der Waals surface area contributed by atoms with Crippen molar-refractivity contribution in [3.05, 3.63) is 58.4 Å². The fraction of sp³-hybridized carbons (Fsp3) is 0.350. The first-order chi connectivity index (χ1) is 14.1. The molecule has 0 bridgehead atoms. The van der Waals surface area contributed by atoms with Crippen molar-refractivity contribution < 1.29 is 10.0 Å². The van der Waals surface area contributed by atoms with Crippen molar-refractivity contribution in [3.8, 4) is 0 Å². The van der Waals surface area contributed by atoms with Crippen molar-refractivity contribution in [1.29, 1.82) is 0 Å². The third-order valence-electron chi connectivity index (χ3n) is 5.39. The Morgan fingerprint density at radius 1 is 1.21 bits per heavy atom. The van der Waals surface area contributed by atoms with E-state index in [9.17, 15) is 9.59 Å². The van der Waals surface area contributed by atoms with Crippen LogP contribution in [0.4, 0.5) is 5.95 Å². The summed E-state index contributed by atoms with van der Waals surface area (Å²) in [6.45, 7) is 4.06. The third-order valence-corrected chi connectivity index (χ3v) is 5.39. The summed E-state index contributed by atoms with van der Waals surface area (Å²) in [5, 5.41) is 9.31.